The number of nitrogens with one attached hydrogen (secondary N) is 1. The molecule has 1 heterocycles. The monoisotopic (exact) mass is 265 g/mol. The fraction of sp³-hybridized carbons (Fsp3) is 0.571. The molecule has 1 aromatic heterocycles. The summed E-state index contributed by atoms with van der Waals surface area (Å²) < 4.78 is 0. The van der Waals surface area contributed by atoms with E-state index in [0.29, 0.717) is 5.82 Å². The number of likely N-dealkylation sites (N-methyl/N-ethyl adjacent to an activating group) is 1. The van der Waals surface area contributed by atoms with Crippen molar-refractivity contribution in [1.82, 2.24) is 9.88 Å². The average Bonchev–Trinajstić information content (AvgIpc) is 2.43. The molecule has 0 aromatic carbocycles. The third-order valence-electron chi connectivity index (χ3n) is 3.12. The first-order valence-electron chi connectivity index (χ1n) is 6.81. The van der Waals surface area contributed by atoms with Crippen LogP contribution in [0.4, 0.5) is 5.82 Å². The number of aryl methyl sites for hydroxylation is 1. The normalized spacial score (nSPS) is 10.7. The molecule has 0 bridgehead atoms. The zero-order valence-corrected chi connectivity index (χ0v) is 11.9. The molecule has 1 aromatic rings. The number of carboxylic acids is 1. The molecule has 0 spiro atoms. The van der Waals surface area contributed by atoms with Crippen LogP contribution in [0.2, 0.25) is 0 Å². The van der Waals surface area contributed by atoms with Crippen LogP contribution in [0.1, 0.15) is 36.8 Å². The standard InChI is InChI=1S/C14H23N3O2/c1-4-12-9-11(14(18)19)10-13(16-12)15-7-8-17(5-2)6-3/h9-10H,4-8H2,1-3H3,(H,15,16)(H,18,19). The lowest BCUT2D eigenvalue weighted by Crippen LogP contribution is -2.28. The number of aromatic nitrogens is 1. The lowest BCUT2D eigenvalue weighted by atomic mass is 10.2. The summed E-state index contributed by atoms with van der Waals surface area (Å²) in [5, 5.41) is 12.3. The van der Waals surface area contributed by atoms with Crippen molar-refractivity contribution < 1.29 is 9.90 Å². The molecule has 0 aliphatic heterocycles. The topological polar surface area (TPSA) is 65.5 Å². The summed E-state index contributed by atoms with van der Waals surface area (Å²) >= 11 is 0. The van der Waals surface area contributed by atoms with Crippen molar-refractivity contribution in [2.45, 2.75) is 27.2 Å². The minimum absolute atomic E-state index is 0.289. The maximum atomic E-state index is 11.0. The van der Waals surface area contributed by atoms with E-state index in [4.69, 9.17) is 5.11 Å². The lowest BCUT2D eigenvalue weighted by Gasteiger charge is -2.18. The molecule has 0 atom stereocenters. The first-order valence-corrected chi connectivity index (χ1v) is 6.81. The van der Waals surface area contributed by atoms with Crippen molar-refractivity contribution in [2.75, 3.05) is 31.5 Å². The van der Waals surface area contributed by atoms with Gasteiger partial charge in [-0.25, -0.2) is 9.78 Å². The quantitative estimate of drug-likeness (QED) is 0.753. The Kier molecular flexibility index (Phi) is 6.29. The van der Waals surface area contributed by atoms with Crippen molar-refractivity contribution in [1.29, 1.82) is 0 Å². The first kappa shape index (κ1) is 15.4. The highest BCUT2D eigenvalue weighted by Gasteiger charge is 2.07. The molecule has 0 saturated heterocycles. The number of aromatic carboxylic acids is 1. The van der Waals surface area contributed by atoms with Gasteiger partial charge < -0.3 is 15.3 Å². The fourth-order valence-electron chi connectivity index (χ4n) is 1.86. The molecule has 2 N–H and O–H groups in total. The van der Waals surface area contributed by atoms with Gasteiger partial charge in [-0.2, -0.15) is 0 Å². The Hall–Kier alpha value is -1.62. The molecule has 0 radical (unpaired) electrons. The molecule has 5 nitrogen and oxygen atoms in total. The number of carboxylic acid groups (broad SMARTS) is 1. The summed E-state index contributed by atoms with van der Waals surface area (Å²) in [6.45, 7) is 9.94. The van der Waals surface area contributed by atoms with Gasteiger partial charge in [-0.05, 0) is 31.6 Å². The maximum Gasteiger partial charge on any atom is 0.335 e. The van der Waals surface area contributed by atoms with Crippen LogP contribution < -0.4 is 5.32 Å². The van der Waals surface area contributed by atoms with Gasteiger partial charge in [-0.1, -0.05) is 20.8 Å². The van der Waals surface area contributed by atoms with E-state index in [9.17, 15) is 4.79 Å². The SMILES string of the molecule is CCc1cc(C(=O)O)cc(NCCN(CC)CC)n1. The molecule has 106 valence electrons. The summed E-state index contributed by atoms with van der Waals surface area (Å²) in [6.07, 6.45) is 0.728. The predicted molar refractivity (Wildman–Crippen MR) is 76.9 cm³/mol. The van der Waals surface area contributed by atoms with E-state index in [2.05, 4.69) is 29.0 Å². The largest absolute Gasteiger partial charge is 0.478 e. The number of hydrogen-bond donors (Lipinski definition) is 2. The second-order valence-corrected chi connectivity index (χ2v) is 4.34. The van der Waals surface area contributed by atoms with Gasteiger partial charge in [0.2, 0.25) is 0 Å². The van der Waals surface area contributed by atoms with E-state index in [1.165, 1.54) is 0 Å². The van der Waals surface area contributed by atoms with Crippen LogP contribution in [0.25, 0.3) is 0 Å². The van der Waals surface area contributed by atoms with Crippen molar-refractivity contribution >= 4 is 11.8 Å². The zero-order valence-electron chi connectivity index (χ0n) is 11.9. The van der Waals surface area contributed by atoms with E-state index in [-0.39, 0.29) is 5.56 Å². The maximum absolute atomic E-state index is 11.0. The summed E-state index contributed by atoms with van der Waals surface area (Å²) in [6, 6.07) is 3.21. The molecule has 0 aliphatic rings. The van der Waals surface area contributed by atoms with Crippen LogP contribution in [0.5, 0.6) is 0 Å². The van der Waals surface area contributed by atoms with E-state index in [1.54, 1.807) is 12.1 Å². The predicted octanol–water partition coefficient (Wildman–Crippen LogP) is 2.10. The van der Waals surface area contributed by atoms with Crippen molar-refractivity contribution in [3.8, 4) is 0 Å². The number of nitrogens with zero attached hydrogens (tertiary/aromatic N) is 2. The Morgan fingerprint density at radius 1 is 1.32 bits per heavy atom. The Labute approximate surface area is 114 Å². The number of rotatable bonds is 8. The van der Waals surface area contributed by atoms with Crippen LogP contribution in [-0.2, 0) is 6.42 Å². The molecule has 0 saturated carbocycles. The minimum Gasteiger partial charge on any atom is -0.478 e. The second-order valence-electron chi connectivity index (χ2n) is 4.34. The van der Waals surface area contributed by atoms with Gasteiger partial charge >= 0.3 is 5.97 Å². The Bertz CT molecular complexity index is 417. The Morgan fingerprint density at radius 3 is 2.53 bits per heavy atom. The second kappa shape index (κ2) is 7.74. The van der Waals surface area contributed by atoms with Gasteiger partial charge in [0.15, 0.2) is 0 Å². The van der Waals surface area contributed by atoms with E-state index in [1.807, 2.05) is 6.92 Å². The molecule has 1 rings (SSSR count). The van der Waals surface area contributed by atoms with Crippen molar-refractivity contribution in [2.24, 2.45) is 0 Å². The third-order valence-corrected chi connectivity index (χ3v) is 3.12. The van der Waals surface area contributed by atoms with Gasteiger partial charge in [-0.3, -0.25) is 0 Å². The van der Waals surface area contributed by atoms with Crippen LogP contribution in [0, 0.1) is 0 Å². The zero-order chi connectivity index (χ0) is 14.3. The number of anilines is 1. The highest BCUT2D eigenvalue weighted by Crippen LogP contribution is 2.11. The Morgan fingerprint density at radius 2 is 2.00 bits per heavy atom. The fourth-order valence-corrected chi connectivity index (χ4v) is 1.86. The highest BCUT2D eigenvalue weighted by molar-refractivity contribution is 5.88. The summed E-state index contributed by atoms with van der Waals surface area (Å²) in [4.78, 5) is 17.7. The number of carbonyl (C=O) groups is 1. The van der Waals surface area contributed by atoms with Gasteiger partial charge in [0.05, 0.1) is 5.56 Å². The molecule has 0 amide bonds. The summed E-state index contributed by atoms with van der Waals surface area (Å²) in [5.41, 5.74) is 1.09. The first-order chi connectivity index (χ1) is 9.10. The molecule has 5 heteroatoms. The number of hydrogen-bond acceptors (Lipinski definition) is 4. The van der Waals surface area contributed by atoms with E-state index in [0.717, 1.165) is 38.3 Å². The van der Waals surface area contributed by atoms with Crippen molar-refractivity contribution in [3.63, 3.8) is 0 Å². The lowest BCUT2D eigenvalue weighted by molar-refractivity contribution is 0.0696. The molecule has 0 unspecified atom stereocenters. The summed E-state index contributed by atoms with van der Waals surface area (Å²) in [5.74, 6) is -0.271. The van der Waals surface area contributed by atoms with Crippen LogP contribution in [0.15, 0.2) is 12.1 Å². The molecule has 0 aliphatic carbocycles. The number of pyridine rings is 1. The summed E-state index contributed by atoms with van der Waals surface area (Å²) in [7, 11) is 0. The van der Waals surface area contributed by atoms with Gasteiger partial charge in [-0.15, -0.1) is 0 Å². The van der Waals surface area contributed by atoms with Crippen LogP contribution >= 0.6 is 0 Å². The molecular weight excluding hydrogens is 242 g/mol. The van der Waals surface area contributed by atoms with Crippen LogP contribution in [-0.4, -0.2) is 47.1 Å². The van der Waals surface area contributed by atoms with Crippen molar-refractivity contribution in [3.05, 3.63) is 23.4 Å². The smallest absolute Gasteiger partial charge is 0.335 e. The minimum atomic E-state index is -0.913. The average molecular weight is 265 g/mol. The molecule has 0 fully saturated rings. The Balaban J connectivity index is 2.67. The highest BCUT2D eigenvalue weighted by atomic mass is 16.4. The van der Waals surface area contributed by atoms with Gasteiger partial charge in [0, 0.05) is 18.8 Å². The molecular formula is C14H23N3O2. The van der Waals surface area contributed by atoms with Gasteiger partial charge in [0.25, 0.3) is 0 Å². The third kappa shape index (κ3) is 4.87. The molecule has 19 heavy (non-hydrogen) atoms. The van der Waals surface area contributed by atoms with Gasteiger partial charge in [0.1, 0.15) is 5.82 Å². The van der Waals surface area contributed by atoms with E-state index < -0.39 is 5.97 Å². The van der Waals surface area contributed by atoms with Crippen LogP contribution in [0.3, 0.4) is 0 Å². The van der Waals surface area contributed by atoms with E-state index >= 15 is 0 Å².